The number of anilines is 2. The normalized spacial score (nSPS) is 10.1. The van der Waals surface area contributed by atoms with E-state index in [1.807, 2.05) is 13.0 Å². The van der Waals surface area contributed by atoms with E-state index in [9.17, 15) is 0 Å². The maximum atomic E-state index is 8.69. The van der Waals surface area contributed by atoms with Crippen LogP contribution in [0.1, 0.15) is 11.3 Å². The van der Waals surface area contributed by atoms with E-state index < -0.39 is 0 Å². The predicted molar refractivity (Wildman–Crippen MR) is 74.5 cm³/mol. The van der Waals surface area contributed by atoms with Gasteiger partial charge in [-0.15, -0.1) is 0 Å². The molecule has 0 fully saturated rings. The number of aromatic nitrogens is 4. The fourth-order valence-corrected chi connectivity index (χ4v) is 1.61. The van der Waals surface area contributed by atoms with Crippen LogP contribution in [0.25, 0.3) is 11.6 Å². The average Bonchev–Trinajstić information content (AvgIpc) is 2.97. The number of oxazole rings is 1. The molecular weight excluding hydrogens is 268 g/mol. The Morgan fingerprint density at radius 3 is 2.52 bits per heavy atom. The highest BCUT2D eigenvalue weighted by molar-refractivity contribution is 5.54. The Morgan fingerprint density at radius 1 is 1.05 bits per heavy atom. The molecule has 0 aliphatic heterocycles. The summed E-state index contributed by atoms with van der Waals surface area (Å²) in [6.45, 7) is 1.91. The van der Waals surface area contributed by atoms with Crippen molar-refractivity contribution in [3.05, 3.63) is 48.2 Å². The standard InChI is InChI=1S/C14H10N6O/c1-9-5-17-13(18-6-9)12-8-19-14(21-12)20-11-3-2-10(4-15)16-7-11/h2-3,5-8H,1H3,(H,19,20). The lowest BCUT2D eigenvalue weighted by molar-refractivity contribution is 0.587. The topological polar surface area (TPSA) is 101 Å². The van der Waals surface area contributed by atoms with Crippen LogP contribution in [0.5, 0.6) is 0 Å². The minimum Gasteiger partial charge on any atom is -0.420 e. The van der Waals surface area contributed by atoms with E-state index >= 15 is 0 Å². The summed E-state index contributed by atoms with van der Waals surface area (Å²) in [5.41, 5.74) is 1.99. The summed E-state index contributed by atoms with van der Waals surface area (Å²) in [4.78, 5) is 16.4. The van der Waals surface area contributed by atoms with E-state index in [1.54, 1.807) is 30.7 Å². The zero-order valence-corrected chi connectivity index (χ0v) is 11.1. The second kappa shape index (κ2) is 5.38. The van der Waals surface area contributed by atoms with Crippen molar-refractivity contribution in [1.29, 1.82) is 5.26 Å². The van der Waals surface area contributed by atoms with Gasteiger partial charge < -0.3 is 9.73 Å². The molecule has 3 aromatic rings. The first-order valence-corrected chi connectivity index (χ1v) is 6.12. The van der Waals surface area contributed by atoms with Gasteiger partial charge in [0, 0.05) is 12.4 Å². The Hall–Kier alpha value is -3.27. The Bertz CT molecular complexity index is 786. The van der Waals surface area contributed by atoms with E-state index in [0.29, 0.717) is 29.0 Å². The van der Waals surface area contributed by atoms with Crippen LogP contribution in [0.15, 0.2) is 41.3 Å². The van der Waals surface area contributed by atoms with Gasteiger partial charge in [0.2, 0.25) is 0 Å². The summed E-state index contributed by atoms with van der Waals surface area (Å²) in [5, 5.41) is 11.6. The molecule has 0 aliphatic rings. The van der Waals surface area contributed by atoms with Gasteiger partial charge in [-0.05, 0) is 24.6 Å². The van der Waals surface area contributed by atoms with Gasteiger partial charge in [0.15, 0.2) is 11.6 Å². The largest absolute Gasteiger partial charge is 0.420 e. The van der Waals surface area contributed by atoms with Crippen LogP contribution in [-0.2, 0) is 0 Å². The van der Waals surface area contributed by atoms with Gasteiger partial charge >= 0.3 is 0 Å². The number of hydrogen-bond acceptors (Lipinski definition) is 7. The SMILES string of the molecule is Cc1cnc(-c2cnc(Nc3ccc(C#N)nc3)o2)nc1. The molecule has 7 heteroatoms. The van der Waals surface area contributed by atoms with Crippen LogP contribution in [0.2, 0.25) is 0 Å². The molecule has 0 aliphatic carbocycles. The molecule has 7 nitrogen and oxygen atoms in total. The third-order valence-electron chi connectivity index (χ3n) is 2.64. The molecule has 102 valence electrons. The maximum absolute atomic E-state index is 8.69. The Morgan fingerprint density at radius 2 is 1.86 bits per heavy atom. The number of nitrogens with one attached hydrogen (secondary N) is 1. The van der Waals surface area contributed by atoms with Crippen LogP contribution in [0, 0.1) is 18.3 Å². The Labute approximate surface area is 120 Å². The summed E-state index contributed by atoms with van der Waals surface area (Å²) in [6.07, 6.45) is 6.50. The lowest BCUT2D eigenvalue weighted by Crippen LogP contribution is -1.91. The fourth-order valence-electron chi connectivity index (χ4n) is 1.61. The first kappa shape index (κ1) is 12.7. The quantitative estimate of drug-likeness (QED) is 0.785. The minimum absolute atomic E-state index is 0.306. The van der Waals surface area contributed by atoms with Crippen molar-refractivity contribution >= 4 is 11.7 Å². The number of pyridine rings is 1. The van der Waals surface area contributed by atoms with Gasteiger partial charge in [-0.3, -0.25) is 0 Å². The number of rotatable bonds is 3. The van der Waals surface area contributed by atoms with Crippen molar-refractivity contribution in [2.45, 2.75) is 6.92 Å². The van der Waals surface area contributed by atoms with Gasteiger partial charge in [-0.2, -0.15) is 5.26 Å². The molecule has 0 aromatic carbocycles. The zero-order valence-electron chi connectivity index (χ0n) is 11.1. The second-order valence-corrected chi connectivity index (χ2v) is 4.28. The van der Waals surface area contributed by atoms with Crippen molar-refractivity contribution in [2.75, 3.05) is 5.32 Å². The molecule has 3 heterocycles. The third kappa shape index (κ3) is 2.84. The number of hydrogen-bond donors (Lipinski definition) is 1. The summed E-state index contributed by atoms with van der Waals surface area (Å²) in [7, 11) is 0. The van der Waals surface area contributed by atoms with Crippen LogP contribution in [-0.4, -0.2) is 19.9 Å². The second-order valence-electron chi connectivity index (χ2n) is 4.28. The first-order chi connectivity index (χ1) is 10.2. The smallest absolute Gasteiger partial charge is 0.299 e. The van der Waals surface area contributed by atoms with Crippen molar-refractivity contribution in [3.63, 3.8) is 0 Å². The highest BCUT2D eigenvalue weighted by atomic mass is 16.4. The molecule has 3 aromatic heterocycles. The molecule has 0 unspecified atom stereocenters. The molecule has 0 amide bonds. The molecular formula is C14H10N6O. The maximum Gasteiger partial charge on any atom is 0.299 e. The lowest BCUT2D eigenvalue weighted by Gasteiger charge is -2.00. The Kier molecular flexibility index (Phi) is 3.27. The summed E-state index contributed by atoms with van der Waals surface area (Å²) in [5.74, 6) is 0.943. The van der Waals surface area contributed by atoms with Crippen molar-refractivity contribution in [2.24, 2.45) is 0 Å². The first-order valence-electron chi connectivity index (χ1n) is 6.12. The van der Waals surface area contributed by atoms with Gasteiger partial charge in [0.25, 0.3) is 6.01 Å². The molecule has 0 saturated carbocycles. The third-order valence-corrected chi connectivity index (χ3v) is 2.64. The van der Waals surface area contributed by atoms with E-state index in [-0.39, 0.29) is 0 Å². The van der Waals surface area contributed by atoms with E-state index in [4.69, 9.17) is 9.68 Å². The van der Waals surface area contributed by atoms with E-state index in [1.165, 1.54) is 6.20 Å². The zero-order chi connectivity index (χ0) is 14.7. The van der Waals surface area contributed by atoms with Gasteiger partial charge in [0.1, 0.15) is 11.8 Å². The van der Waals surface area contributed by atoms with Crippen molar-refractivity contribution in [1.82, 2.24) is 19.9 Å². The molecule has 1 N–H and O–H groups in total. The highest BCUT2D eigenvalue weighted by Crippen LogP contribution is 2.21. The highest BCUT2D eigenvalue weighted by Gasteiger charge is 2.09. The lowest BCUT2D eigenvalue weighted by atomic mass is 10.3. The average molecular weight is 278 g/mol. The van der Waals surface area contributed by atoms with Gasteiger partial charge in [0.05, 0.1) is 18.1 Å². The number of nitriles is 1. The Balaban J connectivity index is 1.78. The van der Waals surface area contributed by atoms with Crippen LogP contribution >= 0.6 is 0 Å². The molecule has 0 saturated heterocycles. The van der Waals surface area contributed by atoms with Crippen molar-refractivity contribution in [3.8, 4) is 17.7 Å². The summed E-state index contributed by atoms with van der Waals surface area (Å²) in [6, 6.07) is 5.59. The van der Waals surface area contributed by atoms with Crippen LogP contribution < -0.4 is 5.32 Å². The summed E-state index contributed by atoms with van der Waals surface area (Å²) >= 11 is 0. The number of aryl methyl sites for hydroxylation is 1. The molecule has 0 spiro atoms. The van der Waals surface area contributed by atoms with Gasteiger partial charge in [-0.25, -0.2) is 19.9 Å². The van der Waals surface area contributed by atoms with Crippen LogP contribution in [0.3, 0.4) is 0 Å². The van der Waals surface area contributed by atoms with Crippen LogP contribution in [0.4, 0.5) is 11.7 Å². The van der Waals surface area contributed by atoms with Crippen molar-refractivity contribution < 1.29 is 4.42 Å². The molecule has 21 heavy (non-hydrogen) atoms. The van der Waals surface area contributed by atoms with Gasteiger partial charge in [-0.1, -0.05) is 0 Å². The van der Waals surface area contributed by atoms with E-state index in [0.717, 1.165) is 5.56 Å². The van der Waals surface area contributed by atoms with E-state index in [2.05, 4.69) is 25.3 Å². The minimum atomic E-state index is 0.306. The molecule has 3 rings (SSSR count). The summed E-state index contributed by atoms with van der Waals surface area (Å²) < 4.78 is 5.53. The molecule has 0 radical (unpaired) electrons. The molecule has 0 bridgehead atoms. The predicted octanol–water partition coefficient (Wildman–Crippen LogP) is 2.45. The number of nitrogens with zero attached hydrogens (tertiary/aromatic N) is 5. The monoisotopic (exact) mass is 278 g/mol. The molecule has 0 atom stereocenters. The fraction of sp³-hybridized carbons (Fsp3) is 0.0714.